The number of halogens is 1. The molecule has 1 saturated carbocycles. The van der Waals surface area contributed by atoms with Gasteiger partial charge in [-0.2, -0.15) is 0 Å². The molecule has 2 fully saturated rings. The first-order chi connectivity index (χ1) is 13.6. The molecule has 0 amide bonds. The minimum atomic E-state index is -0.244. The van der Waals surface area contributed by atoms with Crippen LogP contribution in [0.4, 0.5) is 4.39 Å². The van der Waals surface area contributed by atoms with Gasteiger partial charge >= 0.3 is 0 Å². The summed E-state index contributed by atoms with van der Waals surface area (Å²) in [7, 11) is 0. The molecule has 3 heterocycles. The van der Waals surface area contributed by atoms with Crippen LogP contribution in [0.3, 0.4) is 0 Å². The topological polar surface area (TPSA) is 47.0 Å². The van der Waals surface area contributed by atoms with Crippen molar-refractivity contribution in [3.05, 3.63) is 59.4 Å². The molecule has 0 bridgehead atoms. The smallest absolute Gasteiger partial charge is 0.144 e. The van der Waals surface area contributed by atoms with Crippen molar-refractivity contribution in [2.75, 3.05) is 6.61 Å². The third kappa shape index (κ3) is 3.83. The highest BCUT2D eigenvalue weighted by Gasteiger charge is 2.51. The number of aryl methyl sites for hydroxylation is 1. The number of nitrogens with one attached hydrogen (secondary N) is 1. The monoisotopic (exact) mass is 383 g/mol. The quantitative estimate of drug-likeness (QED) is 0.824. The number of aromatic nitrogens is 2. The highest BCUT2D eigenvalue weighted by Crippen LogP contribution is 2.50. The fraction of sp³-hybridized carbons (Fsp3) is 0.565. The Morgan fingerprint density at radius 3 is 2.82 bits per heavy atom. The average molecular weight is 384 g/mol. The molecule has 0 radical (unpaired) electrons. The number of pyridine rings is 2. The van der Waals surface area contributed by atoms with Crippen molar-refractivity contribution in [1.82, 2.24) is 15.3 Å². The van der Waals surface area contributed by atoms with E-state index in [1.807, 2.05) is 12.3 Å². The van der Waals surface area contributed by atoms with Gasteiger partial charge in [-0.1, -0.05) is 18.9 Å². The maximum absolute atomic E-state index is 13.9. The molecule has 150 valence electrons. The van der Waals surface area contributed by atoms with Gasteiger partial charge in [0.05, 0.1) is 11.3 Å². The molecule has 5 heteroatoms. The van der Waals surface area contributed by atoms with Crippen molar-refractivity contribution in [3.8, 4) is 0 Å². The van der Waals surface area contributed by atoms with Crippen LogP contribution in [0.25, 0.3) is 0 Å². The highest BCUT2D eigenvalue weighted by molar-refractivity contribution is 5.18. The molecule has 4 nitrogen and oxygen atoms in total. The minimum Gasteiger partial charge on any atom is -0.375 e. The number of hydrogen-bond acceptors (Lipinski definition) is 4. The SMILES string of the molecule is Cc1ncc(CNC(C)C2C(c3ccccn3)CCOC23CCCC3)cc1F. The first-order valence-electron chi connectivity index (χ1n) is 10.5. The van der Waals surface area contributed by atoms with Gasteiger partial charge in [-0.15, -0.1) is 0 Å². The van der Waals surface area contributed by atoms with Crippen molar-refractivity contribution in [2.45, 2.75) is 70.1 Å². The molecule has 0 aromatic carbocycles. The summed E-state index contributed by atoms with van der Waals surface area (Å²) in [6.45, 7) is 5.34. The fourth-order valence-electron chi connectivity index (χ4n) is 5.26. The van der Waals surface area contributed by atoms with Gasteiger partial charge in [0.15, 0.2) is 0 Å². The van der Waals surface area contributed by atoms with E-state index < -0.39 is 0 Å². The molecular weight excluding hydrogens is 353 g/mol. The largest absolute Gasteiger partial charge is 0.375 e. The van der Waals surface area contributed by atoms with Gasteiger partial charge in [-0.05, 0) is 56.9 Å². The Kier molecular flexibility index (Phi) is 5.74. The maximum atomic E-state index is 13.9. The van der Waals surface area contributed by atoms with Gasteiger partial charge in [0.2, 0.25) is 0 Å². The Morgan fingerprint density at radius 2 is 2.11 bits per heavy atom. The lowest BCUT2D eigenvalue weighted by Crippen LogP contribution is -2.54. The first-order valence-corrected chi connectivity index (χ1v) is 10.5. The van der Waals surface area contributed by atoms with Crippen LogP contribution in [0.2, 0.25) is 0 Å². The Bertz CT molecular complexity index is 792. The van der Waals surface area contributed by atoms with Crippen molar-refractivity contribution < 1.29 is 9.13 Å². The van der Waals surface area contributed by atoms with E-state index in [1.54, 1.807) is 19.2 Å². The van der Waals surface area contributed by atoms with E-state index in [-0.39, 0.29) is 17.5 Å². The number of ether oxygens (including phenoxy) is 1. The van der Waals surface area contributed by atoms with Gasteiger partial charge < -0.3 is 10.1 Å². The average Bonchev–Trinajstić information content (AvgIpc) is 3.17. The van der Waals surface area contributed by atoms with Gasteiger partial charge in [0.1, 0.15) is 5.82 Å². The van der Waals surface area contributed by atoms with Crippen molar-refractivity contribution >= 4 is 0 Å². The molecule has 2 aromatic heterocycles. The minimum absolute atomic E-state index is 0.0658. The molecule has 1 spiro atoms. The third-order valence-electron chi connectivity index (χ3n) is 6.63. The van der Waals surface area contributed by atoms with Crippen LogP contribution in [0.15, 0.2) is 36.7 Å². The van der Waals surface area contributed by atoms with E-state index in [0.717, 1.165) is 31.4 Å². The Labute approximate surface area is 166 Å². The van der Waals surface area contributed by atoms with Crippen LogP contribution in [0.5, 0.6) is 0 Å². The molecule has 3 atom stereocenters. The fourth-order valence-corrected chi connectivity index (χ4v) is 5.26. The lowest BCUT2D eigenvalue weighted by Gasteiger charge is -2.49. The Morgan fingerprint density at radius 1 is 1.29 bits per heavy atom. The molecule has 2 aromatic rings. The summed E-state index contributed by atoms with van der Waals surface area (Å²) in [5.41, 5.74) is 2.42. The summed E-state index contributed by atoms with van der Waals surface area (Å²) in [5, 5.41) is 3.65. The number of nitrogens with zero attached hydrogens (tertiary/aromatic N) is 2. The van der Waals surface area contributed by atoms with E-state index in [2.05, 4.69) is 34.3 Å². The summed E-state index contributed by atoms with van der Waals surface area (Å²) in [4.78, 5) is 8.84. The summed E-state index contributed by atoms with van der Waals surface area (Å²) in [6.07, 6.45) is 9.34. The normalized spacial score (nSPS) is 25.1. The second-order valence-electron chi connectivity index (χ2n) is 8.38. The van der Waals surface area contributed by atoms with E-state index in [1.165, 1.54) is 18.5 Å². The van der Waals surface area contributed by atoms with Crippen LogP contribution in [0.1, 0.15) is 61.9 Å². The second kappa shape index (κ2) is 8.26. The molecule has 28 heavy (non-hydrogen) atoms. The number of rotatable bonds is 5. The summed E-state index contributed by atoms with van der Waals surface area (Å²) >= 11 is 0. The predicted octanol–water partition coefficient (Wildman–Crippen LogP) is 4.54. The molecule has 1 aliphatic heterocycles. The zero-order chi connectivity index (χ0) is 19.6. The lowest BCUT2D eigenvalue weighted by atomic mass is 9.68. The lowest BCUT2D eigenvalue weighted by molar-refractivity contribution is -0.132. The summed E-state index contributed by atoms with van der Waals surface area (Å²) in [5.74, 6) is 0.483. The molecule has 1 N–H and O–H groups in total. The maximum Gasteiger partial charge on any atom is 0.144 e. The summed E-state index contributed by atoms with van der Waals surface area (Å²) in [6, 6.07) is 8.02. The molecule has 1 aliphatic carbocycles. The van der Waals surface area contributed by atoms with Crippen LogP contribution in [-0.4, -0.2) is 28.2 Å². The highest BCUT2D eigenvalue weighted by atomic mass is 19.1. The molecular formula is C23H30FN3O. The molecule has 3 unspecified atom stereocenters. The predicted molar refractivity (Wildman–Crippen MR) is 107 cm³/mol. The molecule has 4 rings (SSSR count). The Hall–Kier alpha value is -1.85. The van der Waals surface area contributed by atoms with Crippen LogP contribution in [0, 0.1) is 18.7 Å². The molecule has 2 aliphatic rings. The zero-order valence-electron chi connectivity index (χ0n) is 16.8. The van der Waals surface area contributed by atoms with E-state index in [4.69, 9.17) is 4.74 Å². The second-order valence-corrected chi connectivity index (χ2v) is 8.38. The van der Waals surface area contributed by atoms with Gasteiger partial charge in [-0.3, -0.25) is 9.97 Å². The Balaban J connectivity index is 1.56. The van der Waals surface area contributed by atoms with Gasteiger partial charge in [-0.25, -0.2) is 4.39 Å². The van der Waals surface area contributed by atoms with Crippen LogP contribution in [-0.2, 0) is 11.3 Å². The van der Waals surface area contributed by atoms with Gasteiger partial charge in [0.25, 0.3) is 0 Å². The zero-order valence-corrected chi connectivity index (χ0v) is 16.8. The van der Waals surface area contributed by atoms with Crippen LogP contribution >= 0.6 is 0 Å². The van der Waals surface area contributed by atoms with Crippen molar-refractivity contribution in [1.29, 1.82) is 0 Å². The third-order valence-corrected chi connectivity index (χ3v) is 6.63. The molecule has 1 saturated heterocycles. The van der Waals surface area contributed by atoms with E-state index in [9.17, 15) is 4.39 Å². The first kappa shape index (κ1) is 19.5. The van der Waals surface area contributed by atoms with Crippen molar-refractivity contribution in [3.63, 3.8) is 0 Å². The van der Waals surface area contributed by atoms with Crippen molar-refractivity contribution in [2.24, 2.45) is 5.92 Å². The van der Waals surface area contributed by atoms with Gasteiger partial charge in [0, 0.05) is 49.1 Å². The van der Waals surface area contributed by atoms with E-state index in [0.29, 0.717) is 24.1 Å². The van der Waals surface area contributed by atoms with E-state index >= 15 is 0 Å². The van der Waals surface area contributed by atoms with Crippen LogP contribution < -0.4 is 5.32 Å². The standard InChI is InChI=1S/C23H30FN3O/c1-16-20(24)13-18(14-26-16)15-27-17(2)22-19(21-7-3-6-11-25-21)8-12-28-23(22)9-4-5-10-23/h3,6-7,11,13-14,17,19,22,27H,4-5,8-10,12,15H2,1-2H3. The summed E-state index contributed by atoms with van der Waals surface area (Å²) < 4.78 is 20.3. The number of hydrogen-bond donors (Lipinski definition) is 1.